The summed E-state index contributed by atoms with van der Waals surface area (Å²) in [6, 6.07) is 10.5. The molecule has 0 saturated heterocycles. The van der Waals surface area contributed by atoms with Crippen LogP contribution in [0.4, 0.5) is 0 Å². The lowest BCUT2D eigenvalue weighted by Gasteiger charge is -2.27. The minimum Gasteiger partial charge on any atom is -0.300 e. The molecule has 2 nitrogen and oxygen atoms in total. The predicted octanol–water partition coefficient (Wildman–Crippen LogP) is 3.51. The van der Waals surface area contributed by atoms with Crippen molar-refractivity contribution < 1.29 is 9.59 Å². The van der Waals surface area contributed by atoms with Crippen LogP contribution in [0.5, 0.6) is 0 Å². The van der Waals surface area contributed by atoms with Gasteiger partial charge in [0, 0.05) is 5.92 Å². The van der Waals surface area contributed by atoms with Crippen LogP contribution in [-0.4, -0.2) is 11.6 Å². The summed E-state index contributed by atoms with van der Waals surface area (Å²) in [6.45, 7) is 1.49. The van der Waals surface area contributed by atoms with Gasteiger partial charge in [-0.3, -0.25) is 9.59 Å². The van der Waals surface area contributed by atoms with Gasteiger partial charge in [-0.15, -0.1) is 0 Å². The number of Topliss-reactive ketones (excluding diaryl/α,β-unsaturated/α-hetero) is 2. The summed E-state index contributed by atoms with van der Waals surface area (Å²) in [5.74, 6) is 0.848. The molecule has 18 heavy (non-hydrogen) atoms. The molecule has 0 aliphatic heterocycles. The van der Waals surface area contributed by atoms with E-state index in [1.807, 2.05) is 6.07 Å². The first-order valence-corrected chi connectivity index (χ1v) is 6.74. The number of hydrogen-bond acceptors (Lipinski definition) is 2. The minimum atomic E-state index is -0.00909. The molecule has 0 radical (unpaired) electrons. The summed E-state index contributed by atoms with van der Waals surface area (Å²) in [4.78, 5) is 22.8. The molecule has 1 aliphatic carbocycles. The first-order chi connectivity index (χ1) is 8.66. The summed E-state index contributed by atoms with van der Waals surface area (Å²) >= 11 is 0. The highest BCUT2D eigenvalue weighted by Crippen LogP contribution is 2.36. The van der Waals surface area contributed by atoms with Crippen molar-refractivity contribution in [2.45, 2.75) is 44.9 Å². The van der Waals surface area contributed by atoms with Crippen molar-refractivity contribution in [2.75, 3.05) is 0 Å². The van der Waals surface area contributed by atoms with E-state index in [2.05, 4.69) is 24.3 Å². The third kappa shape index (κ3) is 3.28. The topological polar surface area (TPSA) is 34.1 Å². The first-order valence-electron chi connectivity index (χ1n) is 6.74. The number of carbonyl (C=O) groups is 2. The third-order valence-electron chi connectivity index (χ3n) is 3.88. The number of ketones is 2. The Kier molecular flexibility index (Phi) is 4.29. The van der Waals surface area contributed by atoms with Crippen LogP contribution >= 0.6 is 0 Å². The van der Waals surface area contributed by atoms with Crippen LogP contribution in [0, 0.1) is 5.92 Å². The van der Waals surface area contributed by atoms with Crippen LogP contribution in [0.3, 0.4) is 0 Å². The summed E-state index contributed by atoms with van der Waals surface area (Å²) in [5.41, 5.74) is 1.38. The number of hydrogen-bond donors (Lipinski definition) is 0. The van der Waals surface area contributed by atoms with Crippen LogP contribution < -0.4 is 0 Å². The fraction of sp³-hybridized carbons (Fsp3) is 0.500. The Morgan fingerprint density at radius 2 is 1.67 bits per heavy atom. The van der Waals surface area contributed by atoms with Crippen molar-refractivity contribution in [1.82, 2.24) is 0 Å². The summed E-state index contributed by atoms with van der Waals surface area (Å²) in [7, 11) is 0. The molecule has 0 unspecified atom stereocenters. The van der Waals surface area contributed by atoms with Gasteiger partial charge in [-0.05, 0) is 44.1 Å². The van der Waals surface area contributed by atoms with Gasteiger partial charge in [-0.25, -0.2) is 0 Å². The smallest absolute Gasteiger partial charge is 0.143 e. The highest BCUT2D eigenvalue weighted by molar-refractivity contribution is 5.99. The molecule has 1 saturated carbocycles. The minimum absolute atomic E-state index is 0.00909. The monoisotopic (exact) mass is 244 g/mol. The Morgan fingerprint density at radius 1 is 1.06 bits per heavy atom. The zero-order valence-electron chi connectivity index (χ0n) is 10.9. The van der Waals surface area contributed by atoms with Gasteiger partial charge in [0.15, 0.2) is 0 Å². The van der Waals surface area contributed by atoms with Gasteiger partial charge in [-0.1, -0.05) is 30.3 Å². The van der Waals surface area contributed by atoms with E-state index in [0.29, 0.717) is 5.92 Å². The van der Waals surface area contributed by atoms with Crippen LogP contribution in [0.25, 0.3) is 0 Å². The molecule has 0 aromatic heterocycles. The van der Waals surface area contributed by atoms with Gasteiger partial charge in [-0.2, -0.15) is 0 Å². The van der Waals surface area contributed by atoms with Crippen molar-refractivity contribution >= 4 is 11.6 Å². The van der Waals surface area contributed by atoms with Crippen molar-refractivity contribution in [2.24, 2.45) is 5.92 Å². The van der Waals surface area contributed by atoms with E-state index in [-0.39, 0.29) is 23.9 Å². The highest BCUT2D eigenvalue weighted by Gasteiger charge is 2.27. The van der Waals surface area contributed by atoms with Gasteiger partial charge >= 0.3 is 0 Å². The van der Waals surface area contributed by atoms with Crippen molar-refractivity contribution in [3.8, 4) is 0 Å². The largest absolute Gasteiger partial charge is 0.300 e. The third-order valence-corrected chi connectivity index (χ3v) is 3.88. The Labute approximate surface area is 108 Å². The Hall–Kier alpha value is -1.44. The molecular weight excluding hydrogens is 224 g/mol. The molecular formula is C16H20O2. The first kappa shape index (κ1) is 13.0. The standard InChI is InChI=1S/C16H20O2/c1-12(17)11-16(18)15-9-7-14(8-10-15)13-5-3-2-4-6-13/h2-6,14-15H,7-11H2,1H3/t14-,15-. The number of benzene rings is 1. The lowest BCUT2D eigenvalue weighted by molar-refractivity contribution is -0.129. The lowest BCUT2D eigenvalue weighted by Crippen LogP contribution is -2.22. The molecule has 1 aromatic rings. The summed E-state index contributed by atoms with van der Waals surface area (Å²) < 4.78 is 0. The lowest BCUT2D eigenvalue weighted by atomic mass is 9.76. The van der Waals surface area contributed by atoms with E-state index >= 15 is 0 Å². The molecule has 2 rings (SSSR count). The SMILES string of the molecule is CC(=O)CC(=O)[C@H]1CC[C@H](c2ccccc2)CC1. The molecule has 0 bridgehead atoms. The maximum atomic E-state index is 11.8. The molecule has 0 spiro atoms. The molecule has 96 valence electrons. The number of rotatable bonds is 4. The van der Waals surface area contributed by atoms with Gasteiger partial charge in [0.1, 0.15) is 11.6 Å². The summed E-state index contributed by atoms with van der Waals surface area (Å²) in [5, 5.41) is 0. The van der Waals surface area contributed by atoms with Crippen LogP contribution in [-0.2, 0) is 9.59 Å². The van der Waals surface area contributed by atoms with Crippen molar-refractivity contribution in [3.63, 3.8) is 0 Å². The zero-order valence-corrected chi connectivity index (χ0v) is 10.9. The second-order valence-electron chi connectivity index (χ2n) is 5.30. The zero-order chi connectivity index (χ0) is 13.0. The van der Waals surface area contributed by atoms with Gasteiger partial charge in [0.2, 0.25) is 0 Å². The van der Waals surface area contributed by atoms with E-state index in [1.54, 1.807) is 0 Å². The number of carbonyl (C=O) groups excluding carboxylic acids is 2. The van der Waals surface area contributed by atoms with Crippen LogP contribution in [0.2, 0.25) is 0 Å². The highest BCUT2D eigenvalue weighted by atomic mass is 16.1. The van der Waals surface area contributed by atoms with E-state index in [0.717, 1.165) is 25.7 Å². The molecule has 1 fully saturated rings. The average Bonchev–Trinajstić information content (AvgIpc) is 2.39. The summed E-state index contributed by atoms with van der Waals surface area (Å²) in [6.07, 6.45) is 4.13. The molecule has 0 N–H and O–H groups in total. The Morgan fingerprint density at radius 3 is 2.22 bits per heavy atom. The van der Waals surface area contributed by atoms with E-state index in [1.165, 1.54) is 12.5 Å². The van der Waals surface area contributed by atoms with Crippen molar-refractivity contribution in [1.29, 1.82) is 0 Å². The Bertz CT molecular complexity index is 414. The van der Waals surface area contributed by atoms with E-state index in [9.17, 15) is 9.59 Å². The molecule has 0 atom stereocenters. The normalized spacial score (nSPS) is 23.6. The predicted molar refractivity (Wildman–Crippen MR) is 71.4 cm³/mol. The van der Waals surface area contributed by atoms with Gasteiger partial charge in [0.25, 0.3) is 0 Å². The maximum absolute atomic E-state index is 11.8. The molecule has 0 heterocycles. The fourth-order valence-electron chi connectivity index (χ4n) is 2.86. The molecule has 2 heteroatoms. The van der Waals surface area contributed by atoms with Gasteiger partial charge in [0.05, 0.1) is 6.42 Å². The second kappa shape index (κ2) is 5.94. The van der Waals surface area contributed by atoms with E-state index < -0.39 is 0 Å². The average molecular weight is 244 g/mol. The van der Waals surface area contributed by atoms with Crippen LogP contribution in [0.15, 0.2) is 30.3 Å². The van der Waals surface area contributed by atoms with E-state index in [4.69, 9.17) is 0 Å². The van der Waals surface area contributed by atoms with Crippen molar-refractivity contribution in [3.05, 3.63) is 35.9 Å². The fourth-order valence-corrected chi connectivity index (χ4v) is 2.86. The Balaban J connectivity index is 1.88. The van der Waals surface area contributed by atoms with Crippen LogP contribution in [0.1, 0.15) is 50.5 Å². The quantitative estimate of drug-likeness (QED) is 0.759. The molecule has 1 aromatic carbocycles. The maximum Gasteiger partial charge on any atom is 0.143 e. The molecule has 1 aliphatic rings. The van der Waals surface area contributed by atoms with Gasteiger partial charge < -0.3 is 0 Å². The molecule has 0 amide bonds. The second-order valence-corrected chi connectivity index (χ2v) is 5.30.